The summed E-state index contributed by atoms with van der Waals surface area (Å²) in [6.07, 6.45) is 0. The van der Waals surface area contributed by atoms with E-state index in [0.29, 0.717) is 17.9 Å². The van der Waals surface area contributed by atoms with Crippen molar-refractivity contribution in [3.8, 4) is 5.75 Å². The summed E-state index contributed by atoms with van der Waals surface area (Å²) in [5, 5.41) is 10.9. The second-order valence-corrected chi connectivity index (χ2v) is 4.88. The lowest BCUT2D eigenvalue weighted by atomic mass is 10.1. The van der Waals surface area contributed by atoms with Crippen LogP contribution in [0.3, 0.4) is 0 Å². The molecular formula is C17H17NO5. The van der Waals surface area contributed by atoms with E-state index in [0.717, 1.165) is 5.56 Å². The smallest absolute Gasteiger partial charge is 0.338 e. The van der Waals surface area contributed by atoms with Crippen LogP contribution >= 0.6 is 0 Å². The molecule has 6 nitrogen and oxygen atoms in total. The fraction of sp³-hybridized carbons (Fsp3) is 0.235. The van der Waals surface area contributed by atoms with Crippen molar-refractivity contribution in [3.05, 3.63) is 69.3 Å². The van der Waals surface area contributed by atoms with Crippen LogP contribution in [0.5, 0.6) is 5.75 Å². The highest BCUT2D eigenvalue weighted by atomic mass is 16.6. The van der Waals surface area contributed by atoms with Crippen LogP contribution in [0.4, 0.5) is 5.69 Å². The predicted molar refractivity (Wildman–Crippen MR) is 84.6 cm³/mol. The van der Waals surface area contributed by atoms with Crippen LogP contribution in [-0.4, -0.2) is 17.5 Å². The normalized spacial score (nSPS) is 10.2. The molecule has 0 amide bonds. The van der Waals surface area contributed by atoms with Crippen molar-refractivity contribution in [2.24, 2.45) is 0 Å². The van der Waals surface area contributed by atoms with Gasteiger partial charge >= 0.3 is 5.97 Å². The van der Waals surface area contributed by atoms with Gasteiger partial charge in [-0.15, -0.1) is 0 Å². The number of hydrogen-bond donors (Lipinski definition) is 0. The lowest BCUT2D eigenvalue weighted by Gasteiger charge is -2.10. The predicted octanol–water partition coefficient (Wildman–Crippen LogP) is 3.66. The summed E-state index contributed by atoms with van der Waals surface area (Å²) in [5.41, 5.74) is 1.28. The van der Waals surface area contributed by atoms with Gasteiger partial charge in [-0.25, -0.2) is 4.79 Å². The third-order valence-electron chi connectivity index (χ3n) is 3.27. The molecule has 0 atom stereocenters. The van der Waals surface area contributed by atoms with Gasteiger partial charge in [0.1, 0.15) is 12.4 Å². The van der Waals surface area contributed by atoms with Crippen molar-refractivity contribution in [1.82, 2.24) is 0 Å². The third kappa shape index (κ3) is 4.06. The van der Waals surface area contributed by atoms with Gasteiger partial charge in [-0.2, -0.15) is 0 Å². The van der Waals surface area contributed by atoms with Crippen LogP contribution in [0.25, 0.3) is 0 Å². The Bertz CT molecular complexity index is 727. The molecule has 0 N–H and O–H groups in total. The Morgan fingerprint density at radius 2 is 1.96 bits per heavy atom. The lowest BCUT2D eigenvalue weighted by molar-refractivity contribution is -0.385. The van der Waals surface area contributed by atoms with E-state index in [2.05, 4.69) is 0 Å². The maximum atomic E-state index is 12.1. The lowest BCUT2D eigenvalue weighted by Crippen LogP contribution is -2.07. The zero-order valence-electron chi connectivity index (χ0n) is 12.9. The molecule has 2 rings (SSSR count). The fourth-order valence-corrected chi connectivity index (χ4v) is 2.08. The molecule has 0 aromatic heterocycles. The number of aryl methyl sites for hydroxylation is 1. The summed E-state index contributed by atoms with van der Waals surface area (Å²) >= 11 is 0. The van der Waals surface area contributed by atoms with Gasteiger partial charge in [-0.3, -0.25) is 10.1 Å². The number of nitro benzene ring substituents is 1. The molecule has 0 unspecified atom stereocenters. The Kier molecular flexibility index (Phi) is 5.30. The van der Waals surface area contributed by atoms with Gasteiger partial charge in [-0.1, -0.05) is 24.3 Å². The second kappa shape index (κ2) is 7.40. The Labute approximate surface area is 133 Å². The molecule has 2 aromatic carbocycles. The SMILES string of the molecule is CCOc1ccccc1COC(=O)c1ccc(C)c([N+](=O)[O-])c1. The Morgan fingerprint density at radius 3 is 2.65 bits per heavy atom. The summed E-state index contributed by atoms with van der Waals surface area (Å²) in [4.78, 5) is 22.5. The number of esters is 1. The van der Waals surface area contributed by atoms with E-state index in [1.165, 1.54) is 18.2 Å². The minimum absolute atomic E-state index is 0.0384. The molecule has 0 bridgehead atoms. The van der Waals surface area contributed by atoms with Gasteiger partial charge in [0.05, 0.1) is 17.1 Å². The fourth-order valence-electron chi connectivity index (χ4n) is 2.08. The topological polar surface area (TPSA) is 78.7 Å². The molecule has 0 saturated carbocycles. The van der Waals surface area contributed by atoms with E-state index in [1.54, 1.807) is 19.1 Å². The maximum absolute atomic E-state index is 12.1. The van der Waals surface area contributed by atoms with Gasteiger partial charge in [0.2, 0.25) is 0 Å². The van der Waals surface area contributed by atoms with Crippen LogP contribution in [0.15, 0.2) is 42.5 Å². The zero-order valence-corrected chi connectivity index (χ0v) is 12.9. The largest absolute Gasteiger partial charge is 0.493 e. The van der Waals surface area contributed by atoms with Gasteiger partial charge in [0.15, 0.2) is 0 Å². The van der Waals surface area contributed by atoms with E-state index in [1.807, 2.05) is 19.1 Å². The van der Waals surface area contributed by atoms with E-state index in [4.69, 9.17) is 9.47 Å². The third-order valence-corrected chi connectivity index (χ3v) is 3.27. The minimum Gasteiger partial charge on any atom is -0.493 e. The number of carbonyl (C=O) groups excluding carboxylic acids is 1. The molecule has 120 valence electrons. The van der Waals surface area contributed by atoms with E-state index in [9.17, 15) is 14.9 Å². The number of nitro groups is 1. The van der Waals surface area contributed by atoms with Crippen LogP contribution in [0, 0.1) is 17.0 Å². The van der Waals surface area contributed by atoms with E-state index in [-0.39, 0.29) is 17.9 Å². The van der Waals surface area contributed by atoms with Gasteiger partial charge in [-0.05, 0) is 26.0 Å². The standard InChI is InChI=1S/C17H17NO5/c1-3-22-16-7-5-4-6-14(16)11-23-17(19)13-9-8-12(2)15(10-13)18(20)21/h4-10H,3,11H2,1-2H3. The summed E-state index contributed by atoms with van der Waals surface area (Å²) < 4.78 is 10.7. The van der Waals surface area contributed by atoms with Gasteiger partial charge in [0, 0.05) is 17.2 Å². The van der Waals surface area contributed by atoms with Gasteiger partial charge < -0.3 is 9.47 Å². The number of rotatable bonds is 6. The molecular weight excluding hydrogens is 298 g/mol. The minimum atomic E-state index is -0.612. The van der Waals surface area contributed by atoms with Gasteiger partial charge in [0.25, 0.3) is 5.69 Å². The van der Waals surface area contributed by atoms with Crippen LogP contribution in [0.1, 0.15) is 28.4 Å². The number of carbonyl (C=O) groups is 1. The highest BCUT2D eigenvalue weighted by Crippen LogP contribution is 2.22. The number of ether oxygens (including phenoxy) is 2. The zero-order chi connectivity index (χ0) is 16.8. The number of hydrogen-bond acceptors (Lipinski definition) is 5. The first-order valence-electron chi connectivity index (χ1n) is 7.15. The molecule has 0 aliphatic rings. The Morgan fingerprint density at radius 1 is 1.22 bits per heavy atom. The highest BCUT2D eigenvalue weighted by molar-refractivity contribution is 5.90. The summed E-state index contributed by atoms with van der Waals surface area (Å²) in [6, 6.07) is 11.5. The first-order valence-corrected chi connectivity index (χ1v) is 7.15. The van der Waals surface area contributed by atoms with Crippen LogP contribution in [-0.2, 0) is 11.3 Å². The monoisotopic (exact) mass is 315 g/mol. The quantitative estimate of drug-likeness (QED) is 0.462. The average Bonchev–Trinajstić information content (AvgIpc) is 2.54. The number of benzene rings is 2. The summed E-state index contributed by atoms with van der Waals surface area (Å²) in [6.45, 7) is 4.03. The highest BCUT2D eigenvalue weighted by Gasteiger charge is 2.16. The summed E-state index contributed by atoms with van der Waals surface area (Å²) in [7, 11) is 0. The summed E-state index contributed by atoms with van der Waals surface area (Å²) in [5.74, 6) is 0.0390. The average molecular weight is 315 g/mol. The molecule has 0 saturated heterocycles. The van der Waals surface area contributed by atoms with Crippen LogP contribution < -0.4 is 4.74 Å². The maximum Gasteiger partial charge on any atom is 0.338 e. The molecule has 2 aromatic rings. The van der Waals surface area contributed by atoms with Crippen molar-refractivity contribution >= 4 is 11.7 Å². The van der Waals surface area contributed by atoms with Crippen molar-refractivity contribution in [2.75, 3.05) is 6.61 Å². The molecule has 0 fully saturated rings. The number of nitrogens with zero attached hydrogens (tertiary/aromatic N) is 1. The Balaban J connectivity index is 2.11. The Hall–Kier alpha value is -2.89. The van der Waals surface area contributed by atoms with Crippen molar-refractivity contribution in [2.45, 2.75) is 20.5 Å². The first kappa shape index (κ1) is 16.5. The molecule has 0 aliphatic carbocycles. The molecule has 23 heavy (non-hydrogen) atoms. The molecule has 0 aliphatic heterocycles. The first-order chi connectivity index (χ1) is 11.0. The second-order valence-electron chi connectivity index (χ2n) is 4.88. The van der Waals surface area contributed by atoms with E-state index < -0.39 is 10.9 Å². The number of para-hydroxylation sites is 1. The molecule has 0 radical (unpaired) electrons. The molecule has 6 heteroatoms. The van der Waals surface area contributed by atoms with Crippen molar-refractivity contribution < 1.29 is 19.2 Å². The van der Waals surface area contributed by atoms with Crippen molar-refractivity contribution in [1.29, 1.82) is 0 Å². The molecule has 0 heterocycles. The van der Waals surface area contributed by atoms with Crippen LogP contribution in [0.2, 0.25) is 0 Å². The van der Waals surface area contributed by atoms with E-state index >= 15 is 0 Å². The van der Waals surface area contributed by atoms with Crippen molar-refractivity contribution in [3.63, 3.8) is 0 Å². The molecule has 0 spiro atoms.